The maximum Gasteiger partial charge on any atom is 0.236 e. The summed E-state index contributed by atoms with van der Waals surface area (Å²) in [6.07, 6.45) is 1.54. The second-order valence-corrected chi connectivity index (χ2v) is 7.11. The van der Waals surface area contributed by atoms with Gasteiger partial charge >= 0.3 is 0 Å². The number of para-hydroxylation sites is 1. The van der Waals surface area contributed by atoms with Crippen LogP contribution in [-0.2, 0) is 10.2 Å². The van der Waals surface area contributed by atoms with Gasteiger partial charge in [0.05, 0.1) is 18.2 Å². The Morgan fingerprint density at radius 1 is 1.11 bits per heavy atom. The maximum absolute atomic E-state index is 13.0. The molecular weight excluding hydrogens is 340 g/mol. The minimum atomic E-state index is -0.602. The van der Waals surface area contributed by atoms with Gasteiger partial charge in [-0.15, -0.1) is 0 Å². The van der Waals surface area contributed by atoms with E-state index in [1.165, 1.54) is 0 Å². The number of ether oxygens (including phenoxy) is 1. The number of hydrogen-bond donors (Lipinski definition) is 1. The number of aromatic nitrogens is 1. The Hall–Kier alpha value is -3.08. The van der Waals surface area contributed by atoms with E-state index in [1.807, 2.05) is 62.4 Å². The molecule has 1 aliphatic rings. The molecule has 0 unspecified atom stereocenters. The number of anilines is 1. The number of rotatable bonds is 5. The highest BCUT2D eigenvalue weighted by Crippen LogP contribution is 2.49. The van der Waals surface area contributed by atoms with Crippen molar-refractivity contribution >= 4 is 11.6 Å². The number of carbonyl (C=O) groups is 1. The van der Waals surface area contributed by atoms with Gasteiger partial charge in [0, 0.05) is 17.3 Å². The lowest BCUT2D eigenvalue weighted by Crippen LogP contribution is -2.28. The van der Waals surface area contributed by atoms with Crippen molar-refractivity contribution in [3.63, 3.8) is 0 Å². The van der Waals surface area contributed by atoms with Crippen molar-refractivity contribution < 1.29 is 14.1 Å². The minimum absolute atomic E-state index is 0.0228. The summed E-state index contributed by atoms with van der Waals surface area (Å²) >= 11 is 0. The molecule has 0 spiro atoms. The molecule has 0 radical (unpaired) electrons. The molecule has 1 heterocycles. The number of hydrogen-bond acceptors (Lipinski definition) is 4. The molecule has 0 aliphatic heterocycles. The molecule has 1 aromatic heterocycles. The van der Waals surface area contributed by atoms with Crippen LogP contribution in [0.4, 0.5) is 5.69 Å². The van der Waals surface area contributed by atoms with E-state index in [9.17, 15) is 4.79 Å². The molecule has 5 heteroatoms. The molecule has 2 aromatic carbocycles. The fourth-order valence-corrected chi connectivity index (χ4v) is 3.38. The topological polar surface area (TPSA) is 64.4 Å². The summed E-state index contributed by atoms with van der Waals surface area (Å²) in [5.41, 5.74) is 3.94. The molecule has 3 aromatic rings. The monoisotopic (exact) mass is 362 g/mol. The van der Waals surface area contributed by atoms with Gasteiger partial charge in [0.15, 0.2) is 5.76 Å². The van der Waals surface area contributed by atoms with Crippen LogP contribution in [0, 0.1) is 13.8 Å². The van der Waals surface area contributed by atoms with Crippen molar-refractivity contribution in [3.05, 3.63) is 65.4 Å². The second-order valence-electron chi connectivity index (χ2n) is 7.11. The van der Waals surface area contributed by atoms with Gasteiger partial charge in [-0.05, 0) is 49.9 Å². The van der Waals surface area contributed by atoms with E-state index in [4.69, 9.17) is 9.26 Å². The first-order valence-corrected chi connectivity index (χ1v) is 9.03. The second kappa shape index (κ2) is 6.58. The number of methoxy groups -OCH3 is 1. The van der Waals surface area contributed by atoms with E-state index in [1.54, 1.807) is 7.11 Å². The van der Waals surface area contributed by atoms with E-state index in [-0.39, 0.29) is 5.91 Å². The molecule has 0 bridgehead atoms. The van der Waals surface area contributed by atoms with Crippen molar-refractivity contribution in [2.24, 2.45) is 0 Å². The van der Waals surface area contributed by atoms with Gasteiger partial charge in [-0.3, -0.25) is 4.79 Å². The molecule has 4 rings (SSSR count). The first kappa shape index (κ1) is 17.3. The minimum Gasteiger partial charge on any atom is -0.497 e. The number of nitrogens with zero attached hydrogens (tertiary/aromatic N) is 1. The Bertz CT molecular complexity index is 982. The van der Waals surface area contributed by atoms with Crippen LogP contribution >= 0.6 is 0 Å². The van der Waals surface area contributed by atoms with Crippen LogP contribution in [0.25, 0.3) is 11.3 Å². The molecule has 0 saturated heterocycles. The maximum atomic E-state index is 13.0. The highest BCUT2D eigenvalue weighted by Gasteiger charge is 2.54. The zero-order valence-electron chi connectivity index (χ0n) is 15.7. The van der Waals surface area contributed by atoms with Crippen LogP contribution in [0.2, 0.25) is 0 Å². The van der Waals surface area contributed by atoms with Crippen LogP contribution in [0.3, 0.4) is 0 Å². The lowest BCUT2D eigenvalue weighted by Gasteiger charge is -2.16. The third-order valence-corrected chi connectivity index (χ3v) is 5.26. The Kier molecular flexibility index (Phi) is 4.22. The Labute approximate surface area is 158 Å². The first-order valence-electron chi connectivity index (χ1n) is 9.03. The Morgan fingerprint density at radius 3 is 2.48 bits per heavy atom. The summed E-state index contributed by atoms with van der Waals surface area (Å²) in [7, 11) is 1.63. The van der Waals surface area contributed by atoms with Crippen molar-refractivity contribution in [1.29, 1.82) is 0 Å². The summed E-state index contributed by atoms with van der Waals surface area (Å²) in [4.78, 5) is 13.0. The summed E-state index contributed by atoms with van der Waals surface area (Å²) in [6, 6.07) is 15.5. The van der Waals surface area contributed by atoms with Gasteiger partial charge in [0.2, 0.25) is 5.91 Å². The number of amides is 1. The average Bonchev–Trinajstić information content (AvgIpc) is 3.34. The Balaban J connectivity index is 1.60. The molecule has 5 nitrogen and oxygen atoms in total. The third-order valence-electron chi connectivity index (χ3n) is 5.26. The molecule has 138 valence electrons. The standard InChI is InChI=1S/C22H22N2O3/c1-14-6-4-7-15(2)20(14)23-21(25)22(10-11-22)19-13-18(27-24-19)16-8-5-9-17(12-16)26-3/h4-9,12-13H,10-11H2,1-3H3,(H,23,25). The van der Waals surface area contributed by atoms with Crippen molar-refractivity contribution in [3.8, 4) is 17.1 Å². The van der Waals surface area contributed by atoms with Crippen LogP contribution in [0.15, 0.2) is 53.1 Å². The number of nitrogens with one attached hydrogen (secondary N) is 1. The van der Waals surface area contributed by atoms with Crippen LogP contribution in [0.1, 0.15) is 29.7 Å². The van der Waals surface area contributed by atoms with Crippen LogP contribution < -0.4 is 10.1 Å². The number of carbonyl (C=O) groups excluding carboxylic acids is 1. The lowest BCUT2D eigenvalue weighted by atomic mass is 9.99. The highest BCUT2D eigenvalue weighted by molar-refractivity contribution is 6.02. The van der Waals surface area contributed by atoms with Gasteiger partial charge in [-0.25, -0.2) is 0 Å². The van der Waals surface area contributed by atoms with Crippen LogP contribution in [0.5, 0.6) is 5.75 Å². The zero-order chi connectivity index (χ0) is 19.0. The van der Waals surface area contributed by atoms with Gasteiger partial charge in [-0.2, -0.15) is 0 Å². The smallest absolute Gasteiger partial charge is 0.236 e. The third kappa shape index (κ3) is 3.10. The predicted molar refractivity (Wildman–Crippen MR) is 104 cm³/mol. The van der Waals surface area contributed by atoms with Crippen molar-refractivity contribution in [2.45, 2.75) is 32.1 Å². The highest BCUT2D eigenvalue weighted by atomic mass is 16.5. The fraction of sp³-hybridized carbons (Fsp3) is 0.273. The van der Waals surface area contributed by atoms with E-state index in [0.717, 1.165) is 41.0 Å². The van der Waals surface area contributed by atoms with Gasteiger partial charge < -0.3 is 14.6 Å². The van der Waals surface area contributed by atoms with E-state index in [0.29, 0.717) is 11.5 Å². The molecule has 27 heavy (non-hydrogen) atoms. The average molecular weight is 362 g/mol. The van der Waals surface area contributed by atoms with Crippen molar-refractivity contribution in [1.82, 2.24) is 5.16 Å². The predicted octanol–water partition coefficient (Wildman–Crippen LogP) is 4.64. The molecule has 0 atom stereocenters. The fourth-order valence-electron chi connectivity index (χ4n) is 3.38. The molecule has 1 N–H and O–H groups in total. The number of aryl methyl sites for hydroxylation is 2. The van der Waals surface area contributed by atoms with Gasteiger partial charge in [0.1, 0.15) is 5.75 Å². The van der Waals surface area contributed by atoms with Gasteiger partial charge in [0.25, 0.3) is 0 Å². The molecule has 1 saturated carbocycles. The van der Waals surface area contributed by atoms with Gasteiger partial charge in [-0.1, -0.05) is 35.5 Å². The zero-order valence-corrected chi connectivity index (χ0v) is 15.7. The summed E-state index contributed by atoms with van der Waals surface area (Å²) in [5.74, 6) is 1.36. The molecule has 1 amide bonds. The quantitative estimate of drug-likeness (QED) is 0.718. The lowest BCUT2D eigenvalue weighted by molar-refractivity contribution is -0.118. The SMILES string of the molecule is COc1cccc(-c2cc(C3(C(=O)Nc4c(C)cccc4C)CC3)no2)c1. The van der Waals surface area contributed by atoms with E-state index < -0.39 is 5.41 Å². The molecule has 1 aliphatic carbocycles. The summed E-state index contributed by atoms with van der Waals surface area (Å²) in [6.45, 7) is 4.00. The van der Waals surface area contributed by atoms with Crippen molar-refractivity contribution in [2.75, 3.05) is 12.4 Å². The largest absolute Gasteiger partial charge is 0.497 e. The summed E-state index contributed by atoms with van der Waals surface area (Å²) < 4.78 is 10.8. The van der Waals surface area contributed by atoms with Crippen LogP contribution in [-0.4, -0.2) is 18.2 Å². The number of benzene rings is 2. The first-order chi connectivity index (χ1) is 13.0. The normalized spacial score (nSPS) is 14.6. The van der Waals surface area contributed by atoms with E-state index >= 15 is 0 Å². The molecular formula is C22H22N2O3. The van der Waals surface area contributed by atoms with E-state index in [2.05, 4.69) is 10.5 Å². The Morgan fingerprint density at radius 2 is 1.81 bits per heavy atom. The molecule has 1 fully saturated rings. The summed E-state index contributed by atoms with van der Waals surface area (Å²) in [5, 5.41) is 7.32.